The minimum Gasteiger partial charge on any atom is -0.483 e. The number of halogens is 2. The summed E-state index contributed by atoms with van der Waals surface area (Å²) in [6, 6.07) is 15.6. The van der Waals surface area contributed by atoms with Crippen LogP contribution in [0.1, 0.15) is 31.3 Å². The minimum absolute atomic E-state index is 0.196. The van der Waals surface area contributed by atoms with Crippen LogP contribution in [0.5, 0.6) is 5.75 Å². The monoisotopic (exact) mass is 451 g/mol. The predicted octanol–water partition coefficient (Wildman–Crippen LogP) is 6.15. The average molecular weight is 453 g/mol. The van der Waals surface area contributed by atoms with E-state index < -0.39 is 0 Å². The molecule has 1 aromatic heterocycles. The Labute approximate surface area is 171 Å². The summed E-state index contributed by atoms with van der Waals surface area (Å²) in [6.07, 6.45) is -0.196. The van der Waals surface area contributed by atoms with Gasteiger partial charge in [0.05, 0.1) is 0 Å². The van der Waals surface area contributed by atoms with Crippen molar-refractivity contribution in [1.82, 2.24) is 14.8 Å². The van der Waals surface area contributed by atoms with Gasteiger partial charge in [-0.3, -0.25) is 0 Å². The zero-order valence-electron chi connectivity index (χ0n) is 14.5. The summed E-state index contributed by atoms with van der Waals surface area (Å²) in [5.74, 6) is 2.37. The van der Waals surface area contributed by atoms with Gasteiger partial charge < -0.3 is 9.30 Å². The van der Waals surface area contributed by atoms with E-state index in [0.29, 0.717) is 0 Å². The number of rotatable bonds is 7. The Bertz CT molecular complexity index is 869. The molecule has 0 fully saturated rings. The Kier molecular flexibility index (Phi) is 6.62. The largest absolute Gasteiger partial charge is 0.483 e. The molecule has 0 spiro atoms. The van der Waals surface area contributed by atoms with Gasteiger partial charge in [0, 0.05) is 21.8 Å². The Morgan fingerprint density at radius 1 is 1.15 bits per heavy atom. The lowest BCUT2D eigenvalue weighted by Crippen LogP contribution is -2.11. The summed E-state index contributed by atoms with van der Waals surface area (Å²) in [5, 5.41) is 10.4. The number of nitrogens with zero attached hydrogens (tertiary/aromatic N) is 3. The van der Waals surface area contributed by atoms with Gasteiger partial charge in [0.2, 0.25) is 0 Å². The molecule has 1 heterocycles. The van der Waals surface area contributed by atoms with Gasteiger partial charge in [0.1, 0.15) is 5.75 Å². The summed E-state index contributed by atoms with van der Waals surface area (Å²) < 4.78 is 9.13. The van der Waals surface area contributed by atoms with Crippen LogP contribution in [0, 0.1) is 0 Å². The quantitative estimate of drug-likeness (QED) is 0.403. The van der Waals surface area contributed by atoms with Gasteiger partial charge in [-0.1, -0.05) is 57.5 Å². The molecule has 7 heteroatoms. The Morgan fingerprint density at radius 3 is 2.58 bits per heavy atom. The lowest BCUT2D eigenvalue weighted by Gasteiger charge is -2.15. The van der Waals surface area contributed by atoms with Gasteiger partial charge in [-0.2, -0.15) is 0 Å². The molecule has 4 nitrogen and oxygen atoms in total. The lowest BCUT2D eigenvalue weighted by molar-refractivity contribution is 0.210. The van der Waals surface area contributed by atoms with E-state index in [1.165, 1.54) is 0 Å². The van der Waals surface area contributed by atoms with Crippen LogP contribution in [0.25, 0.3) is 0 Å². The van der Waals surface area contributed by atoms with Crippen molar-refractivity contribution in [3.8, 4) is 5.75 Å². The maximum atomic E-state index is 6.24. The first-order valence-corrected chi connectivity index (χ1v) is 10.5. The molecule has 1 atom stereocenters. The summed E-state index contributed by atoms with van der Waals surface area (Å²) in [7, 11) is 0. The van der Waals surface area contributed by atoms with Crippen LogP contribution < -0.4 is 4.74 Å². The second kappa shape index (κ2) is 8.93. The van der Waals surface area contributed by atoms with Crippen molar-refractivity contribution < 1.29 is 4.74 Å². The van der Waals surface area contributed by atoms with Crippen LogP contribution in [0.15, 0.2) is 58.2 Å². The number of hydrogen-bond donors (Lipinski definition) is 0. The molecule has 0 N–H and O–H groups in total. The number of benzene rings is 2. The molecule has 0 saturated carbocycles. The topological polar surface area (TPSA) is 39.9 Å². The van der Waals surface area contributed by atoms with Crippen molar-refractivity contribution in [2.45, 2.75) is 37.4 Å². The van der Waals surface area contributed by atoms with Crippen LogP contribution in [0.3, 0.4) is 0 Å². The first kappa shape index (κ1) is 19.3. The van der Waals surface area contributed by atoms with Crippen molar-refractivity contribution in [2.24, 2.45) is 0 Å². The van der Waals surface area contributed by atoms with Crippen molar-refractivity contribution in [1.29, 1.82) is 0 Å². The zero-order chi connectivity index (χ0) is 18.5. The third-order valence-electron chi connectivity index (χ3n) is 3.87. The fourth-order valence-corrected chi connectivity index (χ4v) is 4.09. The summed E-state index contributed by atoms with van der Waals surface area (Å²) in [6.45, 7) is 4.85. The van der Waals surface area contributed by atoms with E-state index in [4.69, 9.17) is 16.3 Å². The number of hydrogen-bond acceptors (Lipinski definition) is 4. The third kappa shape index (κ3) is 4.61. The first-order valence-electron chi connectivity index (χ1n) is 8.30. The van der Waals surface area contributed by atoms with Gasteiger partial charge in [0.15, 0.2) is 17.1 Å². The van der Waals surface area contributed by atoms with E-state index in [9.17, 15) is 0 Å². The molecule has 3 aromatic rings. The minimum atomic E-state index is -0.196. The number of aromatic nitrogens is 3. The van der Waals surface area contributed by atoms with E-state index in [2.05, 4.69) is 37.6 Å². The van der Waals surface area contributed by atoms with Crippen LogP contribution >= 0.6 is 39.3 Å². The summed E-state index contributed by atoms with van der Waals surface area (Å²) >= 11 is 11.3. The van der Waals surface area contributed by atoms with Crippen molar-refractivity contribution >= 4 is 39.3 Å². The van der Waals surface area contributed by atoms with Gasteiger partial charge in [-0.25, -0.2) is 0 Å². The fourth-order valence-electron chi connectivity index (χ4n) is 2.53. The average Bonchev–Trinajstić information content (AvgIpc) is 3.06. The zero-order valence-corrected chi connectivity index (χ0v) is 17.7. The van der Waals surface area contributed by atoms with Gasteiger partial charge in [-0.05, 0) is 49.7 Å². The Balaban J connectivity index is 1.72. The van der Waals surface area contributed by atoms with Crippen LogP contribution in [0.4, 0.5) is 0 Å². The van der Waals surface area contributed by atoms with E-state index in [-0.39, 0.29) is 6.10 Å². The van der Waals surface area contributed by atoms with Crippen molar-refractivity contribution in [2.75, 3.05) is 0 Å². The van der Waals surface area contributed by atoms with Crippen LogP contribution in [-0.2, 0) is 12.3 Å². The molecule has 0 aliphatic heterocycles. The van der Waals surface area contributed by atoms with Gasteiger partial charge >= 0.3 is 0 Å². The SMILES string of the molecule is CCn1c(SCc2ccccc2Cl)nnc1C(C)Oc1ccc(Br)cc1. The standard InChI is InChI=1S/C19H19BrClN3OS/c1-3-24-18(13(2)25-16-10-8-15(20)9-11-16)22-23-19(24)26-12-14-6-4-5-7-17(14)21/h4-11,13H,3,12H2,1-2H3. The first-order chi connectivity index (χ1) is 12.6. The molecule has 0 radical (unpaired) electrons. The fraction of sp³-hybridized carbons (Fsp3) is 0.263. The molecule has 136 valence electrons. The third-order valence-corrected chi connectivity index (χ3v) is 5.78. The number of thioether (sulfide) groups is 1. The van der Waals surface area contributed by atoms with Crippen molar-refractivity contribution in [3.05, 3.63) is 69.4 Å². The van der Waals surface area contributed by atoms with E-state index in [1.807, 2.05) is 55.5 Å². The second-order valence-corrected chi connectivity index (χ2v) is 7.94. The van der Waals surface area contributed by atoms with Gasteiger partial charge in [-0.15, -0.1) is 10.2 Å². The Hall–Kier alpha value is -1.50. The lowest BCUT2D eigenvalue weighted by atomic mass is 10.2. The molecule has 3 rings (SSSR count). The molecule has 26 heavy (non-hydrogen) atoms. The molecule has 0 saturated heterocycles. The van der Waals surface area contributed by atoms with E-state index >= 15 is 0 Å². The van der Waals surface area contributed by atoms with Crippen molar-refractivity contribution in [3.63, 3.8) is 0 Å². The maximum Gasteiger partial charge on any atom is 0.191 e. The second-order valence-electron chi connectivity index (χ2n) is 5.68. The highest BCUT2D eigenvalue weighted by Gasteiger charge is 2.19. The maximum absolute atomic E-state index is 6.24. The number of ether oxygens (including phenoxy) is 1. The molecule has 2 aromatic carbocycles. The molecule has 0 bridgehead atoms. The Morgan fingerprint density at radius 2 is 1.88 bits per heavy atom. The molecule has 1 unspecified atom stereocenters. The normalized spacial score (nSPS) is 12.2. The summed E-state index contributed by atoms with van der Waals surface area (Å²) in [5.41, 5.74) is 1.09. The molecule has 0 aliphatic rings. The molecular formula is C19H19BrClN3OS. The highest BCUT2D eigenvalue weighted by Crippen LogP contribution is 2.28. The molecular weight excluding hydrogens is 434 g/mol. The van der Waals surface area contributed by atoms with Crippen LogP contribution in [-0.4, -0.2) is 14.8 Å². The highest BCUT2D eigenvalue weighted by atomic mass is 79.9. The molecule has 0 aliphatic carbocycles. The van der Waals surface area contributed by atoms with E-state index in [1.54, 1.807) is 11.8 Å². The summed E-state index contributed by atoms with van der Waals surface area (Å²) in [4.78, 5) is 0. The van der Waals surface area contributed by atoms with Gasteiger partial charge in [0.25, 0.3) is 0 Å². The van der Waals surface area contributed by atoms with E-state index in [0.717, 1.165) is 44.1 Å². The predicted molar refractivity (Wildman–Crippen MR) is 110 cm³/mol. The molecule has 0 amide bonds. The highest BCUT2D eigenvalue weighted by molar-refractivity contribution is 9.10. The van der Waals surface area contributed by atoms with Crippen LogP contribution in [0.2, 0.25) is 5.02 Å². The smallest absolute Gasteiger partial charge is 0.191 e.